The van der Waals surface area contributed by atoms with Crippen LogP contribution in [0, 0.1) is 11.5 Å². The van der Waals surface area contributed by atoms with Crippen molar-refractivity contribution in [2.75, 3.05) is 0 Å². The van der Waals surface area contributed by atoms with Gasteiger partial charge in [0, 0.05) is 5.56 Å². The van der Waals surface area contributed by atoms with Crippen molar-refractivity contribution in [2.45, 2.75) is 19.6 Å². The lowest BCUT2D eigenvalue weighted by molar-refractivity contribution is 0.0735. The van der Waals surface area contributed by atoms with Crippen molar-refractivity contribution in [3.8, 4) is 28.3 Å². The lowest BCUT2D eigenvalue weighted by Gasteiger charge is -2.06. The fourth-order valence-electron chi connectivity index (χ4n) is 2.46. The van der Waals surface area contributed by atoms with E-state index in [4.69, 9.17) is 4.74 Å². The van der Waals surface area contributed by atoms with Crippen molar-refractivity contribution in [3.05, 3.63) is 90.0 Å². The van der Waals surface area contributed by atoms with Crippen LogP contribution in [-0.2, 0) is 0 Å². The first kappa shape index (κ1) is 18.7. The van der Waals surface area contributed by atoms with E-state index in [2.05, 4.69) is 31.1 Å². The third-order valence-corrected chi connectivity index (χ3v) is 4.75. The topological polar surface area (TPSA) is 26.3 Å². The highest BCUT2D eigenvalue weighted by Gasteiger charge is 2.10. The largest absolute Gasteiger partial charge is 0.423 e. The van der Waals surface area contributed by atoms with Crippen LogP contribution >= 0.6 is 0 Å². The first-order chi connectivity index (χ1) is 12.9. The number of benzene rings is 3. The number of carbonyl (C=O) groups excluding carboxylic acids is 1. The van der Waals surface area contributed by atoms with Crippen molar-refractivity contribution in [2.24, 2.45) is 0 Å². The summed E-state index contributed by atoms with van der Waals surface area (Å²) in [4.78, 5) is 12.3. The molecular weight excluding hydrogens is 348 g/mol. The maximum absolute atomic E-state index is 12.3. The standard InChI is InChI=1S/C24H22O2Si/c1-27(2,3)18-17-19-9-11-22(12-10-19)24(25)26-23-15-13-21(14-16-23)20-7-5-4-6-8-20/h4-16H,1-3H3. The van der Waals surface area contributed by atoms with Gasteiger partial charge in [-0.15, -0.1) is 5.54 Å². The van der Waals surface area contributed by atoms with E-state index >= 15 is 0 Å². The zero-order chi connectivity index (χ0) is 19.3. The second kappa shape index (κ2) is 8.07. The van der Waals surface area contributed by atoms with Crippen LogP contribution in [0.1, 0.15) is 15.9 Å². The molecule has 0 fully saturated rings. The molecule has 0 radical (unpaired) electrons. The van der Waals surface area contributed by atoms with E-state index in [-0.39, 0.29) is 5.97 Å². The molecule has 3 aromatic rings. The quantitative estimate of drug-likeness (QED) is 0.252. The first-order valence-corrected chi connectivity index (χ1v) is 12.4. The van der Waals surface area contributed by atoms with Gasteiger partial charge in [0.05, 0.1) is 5.56 Å². The Kier molecular flexibility index (Phi) is 5.59. The minimum absolute atomic E-state index is 0.368. The summed E-state index contributed by atoms with van der Waals surface area (Å²) in [7, 11) is -1.41. The van der Waals surface area contributed by atoms with E-state index in [1.165, 1.54) is 0 Å². The lowest BCUT2D eigenvalue weighted by Crippen LogP contribution is -2.16. The number of rotatable bonds is 3. The molecule has 0 atom stereocenters. The molecule has 134 valence electrons. The van der Waals surface area contributed by atoms with E-state index in [9.17, 15) is 4.79 Å². The number of ether oxygens (including phenoxy) is 1. The van der Waals surface area contributed by atoms with E-state index in [0.717, 1.165) is 16.7 Å². The van der Waals surface area contributed by atoms with Gasteiger partial charge in [-0.1, -0.05) is 68.0 Å². The van der Waals surface area contributed by atoms with Gasteiger partial charge in [-0.25, -0.2) is 4.79 Å². The van der Waals surface area contributed by atoms with Gasteiger partial charge in [-0.2, -0.15) is 0 Å². The van der Waals surface area contributed by atoms with E-state index in [1.54, 1.807) is 12.1 Å². The van der Waals surface area contributed by atoms with E-state index in [1.807, 2.05) is 66.7 Å². The summed E-state index contributed by atoms with van der Waals surface area (Å²) < 4.78 is 5.48. The van der Waals surface area contributed by atoms with Crippen LogP contribution in [-0.4, -0.2) is 14.0 Å². The molecule has 0 aliphatic heterocycles. The molecule has 0 amide bonds. The Balaban J connectivity index is 1.67. The Morgan fingerprint density at radius 3 is 1.96 bits per heavy atom. The van der Waals surface area contributed by atoms with Crippen molar-refractivity contribution in [1.82, 2.24) is 0 Å². The monoisotopic (exact) mass is 370 g/mol. The van der Waals surface area contributed by atoms with Crippen LogP contribution in [0.15, 0.2) is 78.9 Å². The minimum atomic E-state index is -1.41. The molecule has 0 saturated heterocycles. The minimum Gasteiger partial charge on any atom is -0.423 e. The summed E-state index contributed by atoms with van der Waals surface area (Å²) in [5.41, 5.74) is 6.96. The van der Waals surface area contributed by atoms with Gasteiger partial charge in [0.2, 0.25) is 0 Å². The first-order valence-electron chi connectivity index (χ1n) is 8.92. The molecule has 27 heavy (non-hydrogen) atoms. The highest BCUT2D eigenvalue weighted by atomic mass is 28.3. The van der Waals surface area contributed by atoms with Crippen molar-refractivity contribution >= 4 is 14.0 Å². The molecule has 3 rings (SSSR count). The summed E-state index contributed by atoms with van der Waals surface area (Å²) >= 11 is 0. The lowest BCUT2D eigenvalue weighted by atomic mass is 10.1. The second-order valence-electron chi connectivity index (χ2n) is 7.36. The van der Waals surface area contributed by atoms with Crippen molar-refractivity contribution in [3.63, 3.8) is 0 Å². The maximum Gasteiger partial charge on any atom is 0.343 e. The Morgan fingerprint density at radius 1 is 0.778 bits per heavy atom. The van der Waals surface area contributed by atoms with Gasteiger partial charge >= 0.3 is 5.97 Å². The van der Waals surface area contributed by atoms with Crippen molar-refractivity contribution in [1.29, 1.82) is 0 Å². The Labute approximate surface area is 161 Å². The number of hydrogen-bond acceptors (Lipinski definition) is 2. The summed E-state index contributed by atoms with van der Waals surface area (Å²) in [5, 5.41) is 0. The van der Waals surface area contributed by atoms with E-state index in [0.29, 0.717) is 11.3 Å². The molecular formula is C24H22O2Si. The Morgan fingerprint density at radius 2 is 1.37 bits per heavy atom. The van der Waals surface area contributed by atoms with Crippen LogP contribution in [0.5, 0.6) is 5.75 Å². The number of carbonyl (C=O) groups is 1. The number of esters is 1. The Bertz CT molecular complexity index is 971. The maximum atomic E-state index is 12.3. The van der Waals surface area contributed by atoms with Gasteiger partial charge in [-0.05, 0) is 47.5 Å². The average molecular weight is 371 g/mol. The predicted molar refractivity (Wildman–Crippen MR) is 114 cm³/mol. The summed E-state index contributed by atoms with van der Waals surface area (Å²) in [6.45, 7) is 6.61. The molecule has 3 heteroatoms. The molecule has 0 N–H and O–H groups in total. The summed E-state index contributed by atoms with van der Waals surface area (Å²) in [6.07, 6.45) is 0. The normalized spacial score (nSPS) is 10.6. The molecule has 0 aliphatic carbocycles. The Hall–Kier alpha value is -3.09. The van der Waals surface area contributed by atoms with Crippen LogP contribution in [0.2, 0.25) is 19.6 Å². The second-order valence-corrected chi connectivity index (χ2v) is 12.1. The zero-order valence-corrected chi connectivity index (χ0v) is 16.8. The van der Waals surface area contributed by atoms with Crippen molar-refractivity contribution < 1.29 is 9.53 Å². The third kappa shape index (κ3) is 5.44. The van der Waals surface area contributed by atoms with Gasteiger partial charge in [-0.3, -0.25) is 0 Å². The van der Waals surface area contributed by atoms with Crippen LogP contribution in [0.4, 0.5) is 0 Å². The molecule has 0 aromatic heterocycles. The third-order valence-electron chi connectivity index (χ3n) is 3.87. The molecule has 0 bridgehead atoms. The molecule has 0 saturated carbocycles. The molecule has 0 aliphatic rings. The summed E-state index contributed by atoms with van der Waals surface area (Å²) in [5.74, 6) is 3.34. The van der Waals surface area contributed by atoms with Gasteiger partial charge in [0.15, 0.2) is 0 Å². The van der Waals surface area contributed by atoms with Crippen LogP contribution in [0.25, 0.3) is 11.1 Å². The fraction of sp³-hybridized carbons (Fsp3) is 0.125. The molecule has 3 aromatic carbocycles. The highest BCUT2D eigenvalue weighted by molar-refractivity contribution is 6.83. The molecule has 2 nitrogen and oxygen atoms in total. The average Bonchev–Trinajstić information content (AvgIpc) is 2.67. The van der Waals surface area contributed by atoms with E-state index < -0.39 is 8.07 Å². The molecule has 0 unspecified atom stereocenters. The molecule has 0 spiro atoms. The van der Waals surface area contributed by atoms with Gasteiger partial charge in [0.25, 0.3) is 0 Å². The fourth-order valence-corrected chi connectivity index (χ4v) is 2.98. The van der Waals surface area contributed by atoms with Crippen LogP contribution in [0.3, 0.4) is 0 Å². The smallest absolute Gasteiger partial charge is 0.343 e. The zero-order valence-electron chi connectivity index (χ0n) is 15.8. The predicted octanol–water partition coefficient (Wildman–Crippen LogP) is 5.80. The van der Waals surface area contributed by atoms with Gasteiger partial charge < -0.3 is 4.74 Å². The number of hydrogen-bond donors (Lipinski definition) is 0. The molecule has 0 heterocycles. The van der Waals surface area contributed by atoms with Gasteiger partial charge in [0.1, 0.15) is 13.8 Å². The van der Waals surface area contributed by atoms with Crippen LogP contribution < -0.4 is 4.74 Å². The highest BCUT2D eigenvalue weighted by Crippen LogP contribution is 2.22. The SMILES string of the molecule is C[Si](C)(C)C#Cc1ccc(C(=O)Oc2ccc(-c3ccccc3)cc2)cc1. The summed E-state index contributed by atoms with van der Waals surface area (Å²) in [6, 6.07) is 24.9.